The molecule has 2 aromatic rings. The predicted molar refractivity (Wildman–Crippen MR) is 75.6 cm³/mol. The first-order chi connectivity index (χ1) is 10.4. The highest BCUT2D eigenvalue weighted by atomic mass is 16.6. The molecule has 1 aromatic heterocycles. The van der Waals surface area contributed by atoms with Gasteiger partial charge in [0.15, 0.2) is 0 Å². The number of carbonyl (C=O) groups is 1. The molecule has 0 saturated heterocycles. The van der Waals surface area contributed by atoms with Crippen LogP contribution >= 0.6 is 0 Å². The molecule has 116 valence electrons. The lowest BCUT2D eigenvalue weighted by Gasteiger charge is -2.08. The minimum absolute atomic E-state index is 0.0671. The molecular weight excluding hydrogens is 296 g/mol. The fraction of sp³-hybridized carbons (Fsp3) is 0.250. The smallest absolute Gasteiger partial charge is 0.314 e. The molecule has 0 spiro atoms. The maximum absolute atomic E-state index is 11.4. The first-order valence-electron chi connectivity index (χ1n) is 6.11. The number of non-ortho nitro benzene ring substituents is 1. The van der Waals surface area contributed by atoms with Gasteiger partial charge in [-0.3, -0.25) is 24.5 Å². The number of aromatic amines is 2. The Hall–Kier alpha value is -3.01. The summed E-state index contributed by atoms with van der Waals surface area (Å²) in [7, 11) is 1.35. The van der Waals surface area contributed by atoms with Crippen molar-refractivity contribution in [1.29, 1.82) is 0 Å². The fourth-order valence-corrected chi connectivity index (χ4v) is 1.90. The lowest BCUT2D eigenvalue weighted by molar-refractivity contribution is -0.384. The number of amides is 1. The number of methoxy groups -OCH3 is 1. The van der Waals surface area contributed by atoms with Crippen LogP contribution in [-0.2, 0) is 16.1 Å². The standard InChI is InChI=1S/C12H12N4O6/c1-22-5-9(17)13-4-6-2-7(16(20)21)3-8-10(6)15-12(19)11(18)14-8/h2-3H,4-5H2,1H3,(H,13,17)(H,14,18)(H,15,19). The van der Waals surface area contributed by atoms with Crippen LogP contribution in [0.4, 0.5) is 5.69 Å². The monoisotopic (exact) mass is 308 g/mol. The van der Waals surface area contributed by atoms with Crippen molar-refractivity contribution in [3.8, 4) is 0 Å². The Kier molecular flexibility index (Phi) is 4.32. The first-order valence-corrected chi connectivity index (χ1v) is 6.11. The zero-order valence-corrected chi connectivity index (χ0v) is 11.5. The summed E-state index contributed by atoms with van der Waals surface area (Å²) in [5.74, 6) is -0.422. The minimum atomic E-state index is -0.914. The van der Waals surface area contributed by atoms with Gasteiger partial charge in [-0.1, -0.05) is 0 Å². The van der Waals surface area contributed by atoms with E-state index in [1.807, 2.05) is 0 Å². The molecule has 0 bridgehead atoms. The topological polar surface area (TPSA) is 147 Å². The van der Waals surface area contributed by atoms with Crippen LogP contribution in [-0.4, -0.2) is 34.5 Å². The van der Waals surface area contributed by atoms with Crippen molar-refractivity contribution >= 4 is 22.6 Å². The second-order valence-corrected chi connectivity index (χ2v) is 4.40. The summed E-state index contributed by atoms with van der Waals surface area (Å²) in [6.07, 6.45) is 0. The Labute approximate surface area is 122 Å². The Morgan fingerprint density at radius 1 is 1.32 bits per heavy atom. The van der Waals surface area contributed by atoms with Crippen molar-refractivity contribution < 1.29 is 14.5 Å². The average molecular weight is 308 g/mol. The second kappa shape index (κ2) is 6.18. The molecule has 0 aliphatic heterocycles. The Balaban J connectivity index is 2.52. The molecule has 1 amide bonds. The number of hydrogen-bond acceptors (Lipinski definition) is 6. The van der Waals surface area contributed by atoms with Crippen molar-refractivity contribution in [2.24, 2.45) is 0 Å². The highest BCUT2D eigenvalue weighted by Gasteiger charge is 2.14. The number of fused-ring (bicyclic) bond motifs is 1. The number of nitrogens with one attached hydrogen (secondary N) is 3. The molecule has 3 N–H and O–H groups in total. The Morgan fingerprint density at radius 2 is 2.00 bits per heavy atom. The zero-order chi connectivity index (χ0) is 16.3. The van der Waals surface area contributed by atoms with Crippen LogP contribution in [0, 0.1) is 10.1 Å². The van der Waals surface area contributed by atoms with E-state index in [1.165, 1.54) is 13.2 Å². The van der Waals surface area contributed by atoms with Gasteiger partial charge in [0, 0.05) is 31.4 Å². The van der Waals surface area contributed by atoms with Gasteiger partial charge >= 0.3 is 11.1 Å². The number of nitrogens with zero attached hydrogens (tertiary/aromatic N) is 1. The summed E-state index contributed by atoms with van der Waals surface area (Å²) in [5, 5.41) is 13.4. The molecule has 10 nitrogen and oxygen atoms in total. The van der Waals surface area contributed by atoms with Gasteiger partial charge in [0.2, 0.25) is 5.91 Å². The van der Waals surface area contributed by atoms with Crippen LogP contribution in [0.1, 0.15) is 5.56 Å². The third kappa shape index (κ3) is 3.17. The van der Waals surface area contributed by atoms with E-state index in [0.717, 1.165) is 6.07 Å². The van der Waals surface area contributed by atoms with E-state index in [9.17, 15) is 24.5 Å². The number of nitro groups is 1. The summed E-state index contributed by atoms with van der Waals surface area (Å²) < 4.78 is 4.65. The van der Waals surface area contributed by atoms with Gasteiger partial charge in [0.05, 0.1) is 16.0 Å². The number of H-pyrrole nitrogens is 2. The Morgan fingerprint density at radius 3 is 2.64 bits per heavy atom. The summed E-state index contributed by atoms with van der Waals surface area (Å²) in [6, 6.07) is 2.34. The number of nitro benzene ring substituents is 1. The first kappa shape index (κ1) is 15.4. The zero-order valence-electron chi connectivity index (χ0n) is 11.5. The second-order valence-electron chi connectivity index (χ2n) is 4.40. The predicted octanol–water partition coefficient (Wildman–Crippen LogP) is -0.613. The van der Waals surface area contributed by atoms with Crippen LogP contribution in [0.25, 0.3) is 11.0 Å². The molecular formula is C12H12N4O6. The van der Waals surface area contributed by atoms with Crippen molar-refractivity contribution in [3.63, 3.8) is 0 Å². The van der Waals surface area contributed by atoms with E-state index < -0.39 is 21.9 Å². The highest BCUT2D eigenvalue weighted by molar-refractivity contribution is 5.82. The lowest BCUT2D eigenvalue weighted by atomic mass is 10.1. The number of carbonyl (C=O) groups excluding carboxylic acids is 1. The number of aromatic nitrogens is 2. The molecule has 0 aliphatic carbocycles. The molecule has 10 heteroatoms. The van der Waals surface area contributed by atoms with E-state index in [2.05, 4.69) is 20.0 Å². The molecule has 1 aromatic carbocycles. The van der Waals surface area contributed by atoms with E-state index >= 15 is 0 Å². The third-order valence-corrected chi connectivity index (χ3v) is 2.86. The van der Waals surface area contributed by atoms with Crippen molar-refractivity contribution in [2.45, 2.75) is 6.54 Å². The number of hydrogen-bond donors (Lipinski definition) is 3. The van der Waals surface area contributed by atoms with Crippen LogP contribution in [0.15, 0.2) is 21.7 Å². The molecule has 0 atom stereocenters. The van der Waals surface area contributed by atoms with Gasteiger partial charge in [-0.25, -0.2) is 0 Å². The Bertz CT molecular complexity index is 853. The van der Waals surface area contributed by atoms with Gasteiger partial charge in [0.1, 0.15) is 6.61 Å². The average Bonchev–Trinajstić information content (AvgIpc) is 2.46. The van der Waals surface area contributed by atoms with Crippen LogP contribution in [0.3, 0.4) is 0 Å². The van der Waals surface area contributed by atoms with Gasteiger partial charge in [0.25, 0.3) is 5.69 Å². The summed E-state index contributed by atoms with van der Waals surface area (Å²) in [6.45, 7) is -0.234. The van der Waals surface area contributed by atoms with E-state index in [0.29, 0.717) is 5.56 Å². The summed E-state index contributed by atoms with van der Waals surface area (Å²) in [5.41, 5.74) is -1.45. The normalized spacial score (nSPS) is 10.6. The maximum Gasteiger partial charge on any atom is 0.314 e. The van der Waals surface area contributed by atoms with E-state index in [-0.39, 0.29) is 29.9 Å². The molecule has 0 aliphatic rings. The molecule has 0 radical (unpaired) electrons. The van der Waals surface area contributed by atoms with Gasteiger partial charge in [-0.15, -0.1) is 0 Å². The SMILES string of the molecule is COCC(=O)NCc1cc([N+](=O)[O-])cc2[nH]c(=O)c(=O)[nH]c12. The number of rotatable bonds is 5. The lowest BCUT2D eigenvalue weighted by Crippen LogP contribution is -2.30. The van der Waals surface area contributed by atoms with Crippen molar-refractivity contribution in [2.75, 3.05) is 13.7 Å². The van der Waals surface area contributed by atoms with Crippen molar-refractivity contribution in [1.82, 2.24) is 15.3 Å². The van der Waals surface area contributed by atoms with Crippen LogP contribution in [0.5, 0.6) is 0 Å². The summed E-state index contributed by atoms with van der Waals surface area (Å²) >= 11 is 0. The van der Waals surface area contributed by atoms with Crippen LogP contribution in [0.2, 0.25) is 0 Å². The van der Waals surface area contributed by atoms with Gasteiger partial charge in [-0.2, -0.15) is 0 Å². The molecule has 2 rings (SSSR count). The number of ether oxygens (including phenoxy) is 1. The van der Waals surface area contributed by atoms with Gasteiger partial charge < -0.3 is 20.0 Å². The van der Waals surface area contributed by atoms with Crippen LogP contribution < -0.4 is 16.4 Å². The molecule has 22 heavy (non-hydrogen) atoms. The van der Waals surface area contributed by atoms with Gasteiger partial charge in [-0.05, 0) is 0 Å². The van der Waals surface area contributed by atoms with E-state index in [1.54, 1.807) is 0 Å². The molecule has 0 saturated carbocycles. The summed E-state index contributed by atoms with van der Waals surface area (Å²) in [4.78, 5) is 49.0. The molecule has 0 fully saturated rings. The highest BCUT2D eigenvalue weighted by Crippen LogP contribution is 2.21. The quantitative estimate of drug-likeness (QED) is 0.381. The minimum Gasteiger partial charge on any atom is -0.375 e. The third-order valence-electron chi connectivity index (χ3n) is 2.86. The molecule has 0 unspecified atom stereocenters. The van der Waals surface area contributed by atoms with Crippen molar-refractivity contribution in [3.05, 3.63) is 48.5 Å². The van der Waals surface area contributed by atoms with E-state index in [4.69, 9.17) is 0 Å². The fourth-order valence-electron chi connectivity index (χ4n) is 1.90. The number of benzene rings is 1. The maximum atomic E-state index is 11.4. The molecule has 1 heterocycles. The largest absolute Gasteiger partial charge is 0.375 e.